The highest BCUT2D eigenvalue weighted by Crippen LogP contribution is 2.56. The lowest BCUT2D eigenvalue weighted by Crippen LogP contribution is -2.44. The molecule has 3 heterocycles. The lowest BCUT2D eigenvalue weighted by Gasteiger charge is -2.29. The second kappa shape index (κ2) is 7.69. The van der Waals surface area contributed by atoms with Gasteiger partial charge in [0.05, 0.1) is 43.3 Å². The van der Waals surface area contributed by atoms with Crippen molar-refractivity contribution in [2.45, 2.75) is 31.0 Å². The maximum absolute atomic E-state index is 13.8. The summed E-state index contributed by atoms with van der Waals surface area (Å²) >= 11 is 0. The summed E-state index contributed by atoms with van der Waals surface area (Å²) in [6, 6.07) is 20.0. The maximum Gasteiger partial charge on any atom is 0.310 e. The number of hydrogen-bond acceptors (Lipinski definition) is 5. The van der Waals surface area contributed by atoms with Gasteiger partial charge in [-0.1, -0.05) is 60.7 Å². The number of ether oxygens (including phenoxy) is 1. The average molecular weight is 441 g/mol. The fourth-order valence-corrected chi connectivity index (χ4v) is 5.62. The largest absolute Gasteiger partial charge is 0.465 e. The normalized spacial score (nSPS) is 28.0. The molecule has 33 heavy (non-hydrogen) atoms. The molecule has 4 atom stereocenters. The molecule has 2 aromatic carbocycles. The van der Waals surface area contributed by atoms with E-state index in [1.54, 1.807) is 17.6 Å². The number of aromatic nitrogens is 2. The first-order valence-corrected chi connectivity index (χ1v) is 11.3. The molecule has 1 amide bonds. The van der Waals surface area contributed by atoms with Gasteiger partial charge in [0.2, 0.25) is 0 Å². The van der Waals surface area contributed by atoms with Gasteiger partial charge in [-0.2, -0.15) is 0 Å². The summed E-state index contributed by atoms with van der Waals surface area (Å²) < 4.78 is 7.38. The Balaban J connectivity index is 1.32. The summed E-state index contributed by atoms with van der Waals surface area (Å²) in [5.74, 6) is -1.17. The van der Waals surface area contributed by atoms with Crippen LogP contribution >= 0.6 is 0 Å². The van der Waals surface area contributed by atoms with E-state index in [-0.39, 0.29) is 17.8 Å². The predicted octanol–water partition coefficient (Wildman–Crippen LogP) is 3.02. The zero-order valence-corrected chi connectivity index (χ0v) is 18.1. The third kappa shape index (κ3) is 3.26. The minimum absolute atomic E-state index is 0.0282. The summed E-state index contributed by atoms with van der Waals surface area (Å²) in [5.41, 5.74) is 1.92. The molecule has 1 saturated carbocycles. The molecule has 6 rings (SSSR count). The average Bonchev–Trinajstić information content (AvgIpc) is 3.58. The van der Waals surface area contributed by atoms with Gasteiger partial charge in [-0.25, -0.2) is 4.98 Å². The highest BCUT2D eigenvalue weighted by atomic mass is 16.5. The van der Waals surface area contributed by atoms with Crippen molar-refractivity contribution in [2.75, 3.05) is 6.61 Å². The number of nitrogens with zero attached hydrogens (tertiary/aromatic N) is 4. The van der Waals surface area contributed by atoms with Crippen molar-refractivity contribution in [3.63, 3.8) is 0 Å². The monoisotopic (exact) mass is 440 g/mol. The van der Waals surface area contributed by atoms with Crippen molar-refractivity contribution in [1.29, 1.82) is 0 Å². The molecule has 3 aromatic rings. The number of hydrogen-bond donors (Lipinski definition) is 0. The lowest BCUT2D eigenvalue weighted by molar-refractivity contribution is -0.142. The minimum atomic E-state index is -1.00. The molecule has 0 radical (unpaired) electrons. The van der Waals surface area contributed by atoms with Crippen LogP contribution in [0.15, 0.2) is 78.2 Å². The molecule has 0 unspecified atom stereocenters. The molecule has 1 saturated heterocycles. The highest BCUT2D eigenvalue weighted by molar-refractivity contribution is 6.02. The second-order valence-corrected chi connectivity index (χ2v) is 9.14. The van der Waals surface area contributed by atoms with Gasteiger partial charge in [0, 0.05) is 18.7 Å². The maximum atomic E-state index is 13.8. The number of fused-ring (bicyclic) bond motifs is 1. The quantitative estimate of drug-likeness (QED) is 0.572. The van der Waals surface area contributed by atoms with Crippen molar-refractivity contribution < 1.29 is 14.3 Å². The summed E-state index contributed by atoms with van der Waals surface area (Å²) in [6.45, 7) is 1.47. The van der Waals surface area contributed by atoms with E-state index in [1.165, 1.54) is 0 Å². The van der Waals surface area contributed by atoms with E-state index in [2.05, 4.69) is 17.1 Å². The van der Waals surface area contributed by atoms with Crippen LogP contribution < -0.4 is 0 Å². The van der Waals surface area contributed by atoms with E-state index < -0.39 is 17.4 Å². The summed E-state index contributed by atoms with van der Waals surface area (Å²) in [4.78, 5) is 37.6. The zero-order chi connectivity index (χ0) is 22.4. The first-order chi connectivity index (χ1) is 16.1. The summed E-state index contributed by atoms with van der Waals surface area (Å²) in [7, 11) is 0. The van der Waals surface area contributed by atoms with Crippen LogP contribution in [0.25, 0.3) is 0 Å². The first kappa shape index (κ1) is 19.9. The number of esters is 1. The Kier molecular flexibility index (Phi) is 4.64. The number of cyclic esters (lactones) is 1. The van der Waals surface area contributed by atoms with Crippen LogP contribution in [0.4, 0.5) is 0 Å². The molecule has 7 heteroatoms. The third-order valence-corrected chi connectivity index (χ3v) is 7.10. The molecule has 166 valence electrons. The van der Waals surface area contributed by atoms with Crippen LogP contribution in [0.1, 0.15) is 29.2 Å². The molecular formula is C26H24N4O3. The number of carbonyl (C=O) groups is 2. The van der Waals surface area contributed by atoms with Gasteiger partial charge in [-0.05, 0) is 17.5 Å². The van der Waals surface area contributed by atoms with E-state index in [1.807, 2.05) is 59.3 Å². The first-order valence-electron chi connectivity index (χ1n) is 11.3. The van der Waals surface area contributed by atoms with E-state index in [0.717, 1.165) is 16.8 Å². The van der Waals surface area contributed by atoms with Gasteiger partial charge in [0.1, 0.15) is 0 Å². The molecular weight excluding hydrogens is 416 g/mol. The summed E-state index contributed by atoms with van der Waals surface area (Å²) in [6.07, 6.45) is 5.88. The SMILES string of the molecule is O=C1OC[C@@H]2C[C@]3(N=CN(Cc4ccccc4)C3=O)[C@H](c3cn(Cc4ccccc4)cn3)[C@H]12. The van der Waals surface area contributed by atoms with Gasteiger partial charge in [0.25, 0.3) is 5.91 Å². The number of imidazole rings is 1. The summed E-state index contributed by atoms with van der Waals surface area (Å²) in [5, 5.41) is 0. The van der Waals surface area contributed by atoms with Crippen LogP contribution in [0.5, 0.6) is 0 Å². The van der Waals surface area contributed by atoms with Gasteiger partial charge in [0.15, 0.2) is 5.54 Å². The van der Waals surface area contributed by atoms with Crippen LogP contribution in [0.3, 0.4) is 0 Å². The fourth-order valence-electron chi connectivity index (χ4n) is 5.62. The molecule has 7 nitrogen and oxygen atoms in total. The van der Waals surface area contributed by atoms with E-state index in [0.29, 0.717) is 26.1 Å². The number of benzene rings is 2. The molecule has 3 aliphatic rings. The Morgan fingerprint density at radius 2 is 1.67 bits per heavy atom. The van der Waals surface area contributed by atoms with E-state index >= 15 is 0 Å². The van der Waals surface area contributed by atoms with Crippen LogP contribution in [0.2, 0.25) is 0 Å². The van der Waals surface area contributed by atoms with Crippen LogP contribution in [-0.4, -0.2) is 44.8 Å². The van der Waals surface area contributed by atoms with Crippen molar-refractivity contribution in [3.8, 4) is 0 Å². The van der Waals surface area contributed by atoms with Crippen LogP contribution in [0, 0.1) is 11.8 Å². The second-order valence-electron chi connectivity index (χ2n) is 9.14. The number of carbonyl (C=O) groups excluding carboxylic acids is 2. The molecule has 1 spiro atoms. The van der Waals surface area contributed by atoms with Crippen molar-refractivity contribution in [2.24, 2.45) is 16.8 Å². The van der Waals surface area contributed by atoms with Crippen molar-refractivity contribution in [3.05, 3.63) is 90.0 Å². The topological polar surface area (TPSA) is 76.8 Å². The van der Waals surface area contributed by atoms with Gasteiger partial charge < -0.3 is 9.30 Å². The van der Waals surface area contributed by atoms with E-state index in [9.17, 15) is 9.59 Å². The number of amides is 1. The molecule has 0 N–H and O–H groups in total. The molecule has 1 aromatic heterocycles. The standard InChI is InChI=1S/C26H24N4O3/c31-24-22-20(15-33-24)11-26(25(32)30(17-28-26)13-19-9-5-2-6-10-19)23(22)21-14-29(16-27-21)12-18-7-3-1-4-8-18/h1-10,14,16-17,20,22-23H,11-13,15H2/t20-,22+,23+,26-/m0/s1. The number of aliphatic imine (C=N–C) groups is 1. The fraction of sp³-hybridized carbons (Fsp3) is 0.308. The zero-order valence-electron chi connectivity index (χ0n) is 18.1. The lowest BCUT2D eigenvalue weighted by atomic mass is 9.80. The van der Waals surface area contributed by atoms with Gasteiger partial charge in [-0.15, -0.1) is 0 Å². The van der Waals surface area contributed by atoms with Crippen molar-refractivity contribution in [1.82, 2.24) is 14.5 Å². The highest BCUT2D eigenvalue weighted by Gasteiger charge is 2.66. The predicted molar refractivity (Wildman–Crippen MR) is 121 cm³/mol. The third-order valence-electron chi connectivity index (χ3n) is 7.10. The molecule has 1 aliphatic carbocycles. The Hall–Kier alpha value is -3.74. The van der Waals surface area contributed by atoms with E-state index in [4.69, 9.17) is 9.73 Å². The van der Waals surface area contributed by atoms with Crippen LogP contribution in [-0.2, 0) is 27.4 Å². The number of rotatable bonds is 5. The van der Waals surface area contributed by atoms with Gasteiger partial charge in [-0.3, -0.25) is 19.5 Å². The molecule has 2 aliphatic heterocycles. The molecule has 2 fully saturated rings. The van der Waals surface area contributed by atoms with Gasteiger partial charge >= 0.3 is 5.97 Å². The minimum Gasteiger partial charge on any atom is -0.465 e. The Labute approximate surface area is 191 Å². The smallest absolute Gasteiger partial charge is 0.310 e. The Bertz CT molecular complexity index is 1220. The Morgan fingerprint density at radius 1 is 0.970 bits per heavy atom. The Morgan fingerprint density at radius 3 is 2.39 bits per heavy atom. The molecule has 0 bridgehead atoms. The van der Waals surface area contributed by atoms with Crippen molar-refractivity contribution >= 4 is 18.2 Å².